The monoisotopic (exact) mass is 342 g/mol. The Kier molecular flexibility index (Phi) is 6.45. The van der Waals surface area contributed by atoms with E-state index in [4.69, 9.17) is 4.74 Å². The molecule has 112 valence electrons. The second-order valence-electron chi connectivity index (χ2n) is 5.19. The summed E-state index contributed by atoms with van der Waals surface area (Å²) in [5.41, 5.74) is 1.14. The SMILES string of the molecule is CN(CCN1CCOCC1)C(CO)c1cccc(Br)c1. The van der Waals surface area contributed by atoms with Crippen LogP contribution in [-0.4, -0.2) is 68.0 Å². The molecule has 4 nitrogen and oxygen atoms in total. The van der Waals surface area contributed by atoms with Crippen LogP contribution in [0.2, 0.25) is 0 Å². The number of aliphatic hydroxyl groups excluding tert-OH is 1. The minimum absolute atomic E-state index is 0.0496. The summed E-state index contributed by atoms with van der Waals surface area (Å²) in [7, 11) is 2.07. The van der Waals surface area contributed by atoms with Crippen molar-refractivity contribution in [2.75, 3.05) is 53.0 Å². The van der Waals surface area contributed by atoms with Gasteiger partial charge in [0.25, 0.3) is 0 Å². The molecule has 1 unspecified atom stereocenters. The van der Waals surface area contributed by atoms with Crippen molar-refractivity contribution in [3.05, 3.63) is 34.3 Å². The predicted molar refractivity (Wildman–Crippen MR) is 83.9 cm³/mol. The Hall–Kier alpha value is -0.460. The molecule has 1 aliphatic rings. The first kappa shape index (κ1) is 15.9. The number of halogens is 1. The predicted octanol–water partition coefficient (Wildman–Crippen LogP) is 1.75. The third-order valence-corrected chi connectivity index (χ3v) is 4.30. The number of nitrogens with zero attached hydrogens (tertiary/aromatic N) is 2. The molecule has 1 atom stereocenters. The van der Waals surface area contributed by atoms with Crippen LogP contribution in [0.1, 0.15) is 11.6 Å². The van der Waals surface area contributed by atoms with Crippen molar-refractivity contribution in [2.24, 2.45) is 0 Å². The first-order valence-corrected chi connectivity index (χ1v) is 7.86. The average molecular weight is 343 g/mol. The van der Waals surface area contributed by atoms with Crippen LogP contribution in [0.15, 0.2) is 28.7 Å². The highest BCUT2D eigenvalue weighted by Crippen LogP contribution is 2.22. The van der Waals surface area contributed by atoms with Crippen LogP contribution in [0.25, 0.3) is 0 Å². The molecule has 1 N–H and O–H groups in total. The summed E-state index contributed by atoms with van der Waals surface area (Å²) in [5.74, 6) is 0. The highest BCUT2D eigenvalue weighted by molar-refractivity contribution is 9.10. The topological polar surface area (TPSA) is 35.9 Å². The summed E-state index contributed by atoms with van der Waals surface area (Å²) in [6.45, 7) is 5.78. The zero-order chi connectivity index (χ0) is 14.4. The van der Waals surface area contributed by atoms with Crippen molar-refractivity contribution in [1.29, 1.82) is 0 Å². The van der Waals surface area contributed by atoms with E-state index in [1.807, 2.05) is 12.1 Å². The summed E-state index contributed by atoms with van der Waals surface area (Å²) in [6.07, 6.45) is 0. The van der Waals surface area contributed by atoms with Crippen LogP contribution in [0.3, 0.4) is 0 Å². The molecule has 0 bridgehead atoms. The summed E-state index contributed by atoms with van der Waals surface area (Å²) in [4.78, 5) is 4.63. The number of ether oxygens (including phenoxy) is 1. The van der Waals surface area contributed by atoms with E-state index in [2.05, 4.69) is 44.9 Å². The third-order valence-electron chi connectivity index (χ3n) is 3.81. The summed E-state index contributed by atoms with van der Waals surface area (Å²) < 4.78 is 6.41. The standard InChI is InChI=1S/C15H23BrN2O2/c1-17(5-6-18-7-9-20-10-8-18)15(12-19)13-3-2-4-14(16)11-13/h2-4,11,15,19H,5-10,12H2,1H3. The first-order valence-electron chi connectivity index (χ1n) is 7.07. The average Bonchev–Trinajstić information content (AvgIpc) is 2.47. The number of benzene rings is 1. The zero-order valence-corrected chi connectivity index (χ0v) is 13.6. The van der Waals surface area contributed by atoms with Crippen LogP contribution < -0.4 is 0 Å². The quantitative estimate of drug-likeness (QED) is 0.854. The van der Waals surface area contributed by atoms with E-state index in [1.54, 1.807) is 0 Å². The lowest BCUT2D eigenvalue weighted by Crippen LogP contribution is -2.41. The van der Waals surface area contributed by atoms with Gasteiger partial charge in [0.1, 0.15) is 0 Å². The van der Waals surface area contributed by atoms with Gasteiger partial charge in [-0.3, -0.25) is 9.80 Å². The van der Waals surface area contributed by atoms with Crippen LogP contribution in [-0.2, 0) is 4.74 Å². The highest BCUT2D eigenvalue weighted by Gasteiger charge is 2.18. The van der Waals surface area contributed by atoms with Crippen LogP contribution in [0, 0.1) is 0 Å². The van der Waals surface area contributed by atoms with Gasteiger partial charge >= 0.3 is 0 Å². The number of rotatable bonds is 6. The Morgan fingerprint density at radius 1 is 1.40 bits per heavy atom. The Morgan fingerprint density at radius 3 is 2.80 bits per heavy atom. The fraction of sp³-hybridized carbons (Fsp3) is 0.600. The fourth-order valence-electron chi connectivity index (χ4n) is 2.49. The van der Waals surface area contributed by atoms with Crippen LogP contribution in [0.5, 0.6) is 0 Å². The maximum atomic E-state index is 9.69. The number of likely N-dealkylation sites (N-methyl/N-ethyl adjacent to an activating group) is 1. The van der Waals surface area contributed by atoms with Gasteiger partial charge in [-0.1, -0.05) is 28.1 Å². The molecule has 0 saturated carbocycles. The lowest BCUT2D eigenvalue weighted by atomic mass is 10.1. The van der Waals surface area contributed by atoms with Crippen molar-refractivity contribution < 1.29 is 9.84 Å². The zero-order valence-electron chi connectivity index (χ0n) is 12.0. The van der Waals surface area contributed by atoms with Gasteiger partial charge in [0.2, 0.25) is 0 Å². The number of morpholine rings is 1. The van der Waals surface area contributed by atoms with Gasteiger partial charge in [0, 0.05) is 30.7 Å². The summed E-state index contributed by atoms with van der Waals surface area (Å²) >= 11 is 3.49. The molecule has 0 amide bonds. The molecule has 0 radical (unpaired) electrons. The molecule has 20 heavy (non-hydrogen) atoms. The van der Waals surface area contributed by atoms with Gasteiger partial charge in [-0.25, -0.2) is 0 Å². The van der Waals surface area contributed by atoms with Crippen LogP contribution in [0.4, 0.5) is 0 Å². The van der Waals surface area contributed by atoms with E-state index >= 15 is 0 Å². The molecule has 1 saturated heterocycles. The van der Waals surface area contributed by atoms with Crippen molar-refractivity contribution in [3.63, 3.8) is 0 Å². The first-order chi connectivity index (χ1) is 9.70. The van der Waals surface area contributed by atoms with E-state index < -0.39 is 0 Å². The molecular weight excluding hydrogens is 320 g/mol. The lowest BCUT2D eigenvalue weighted by Gasteiger charge is -2.31. The molecule has 0 spiro atoms. The molecule has 1 fully saturated rings. The van der Waals surface area contributed by atoms with Gasteiger partial charge in [0.15, 0.2) is 0 Å². The summed E-state index contributed by atoms with van der Waals surface area (Å²) in [6, 6.07) is 8.21. The molecule has 1 aromatic rings. The molecule has 1 aromatic carbocycles. The van der Waals surface area contributed by atoms with E-state index in [1.165, 1.54) is 0 Å². The fourth-order valence-corrected chi connectivity index (χ4v) is 2.91. The minimum Gasteiger partial charge on any atom is -0.394 e. The molecule has 0 aliphatic carbocycles. The molecule has 1 heterocycles. The van der Waals surface area contributed by atoms with Gasteiger partial charge in [-0.2, -0.15) is 0 Å². The largest absolute Gasteiger partial charge is 0.394 e. The van der Waals surface area contributed by atoms with Gasteiger partial charge in [-0.15, -0.1) is 0 Å². The normalized spacial score (nSPS) is 18.4. The second-order valence-corrected chi connectivity index (χ2v) is 6.10. The van der Waals surface area contributed by atoms with E-state index in [9.17, 15) is 5.11 Å². The minimum atomic E-state index is 0.0496. The Balaban J connectivity index is 1.89. The van der Waals surface area contributed by atoms with Crippen molar-refractivity contribution in [1.82, 2.24) is 9.80 Å². The van der Waals surface area contributed by atoms with E-state index in [0.717, 1.165) is 49.4 Å². The van der Waals surface area contributed by atoms with E-state index in [0.29, 0.717) is 0 Å². The smallest absolute Gasteiger partial charge is 0.0628 e. The lowest BCUT2D eigenvalue weighted by molar-refractivity contribution is 0.0306. The van der Waals surface area contributed by atoms with Gasteiger partial charge in [-0.05, 0) is 24.7 Å². The second kappa shape index (κ2) is 8.10. The van der Waals surface area contributed by atoms with Crippen LogP contribution >= 0.6 is 15.9 Å². The number of hydrogen-bond acceptors (Lipinski definition) is 4. The maximum absolute atomic E-state index is 9.69. The van der Waals surface area contributed by atoms with E-state index in [-0.39, 0.29) is 12.6 Å². The Bertz CT molecular complexity index is 411. The maximum Gasteiger partial charge on any atom is 0.0628 e. The van der Waals surface area contributed by atoms with Crippen molar-refractivity contribution in [2.45, 2.75) is 6.04 Å². The molecule has 5 heteroatoms. The molecular formula is C15H23BrN2O2. The van der Waals surface area contributed by atoms with Crippen molar-refractivity contribution in [3.8, 4) is 0 Å². The van der Waals surface area contributed by atoms with Crippen molar-refractivity contribution >= 4 is 15.9 Å². The number of aliphatic hydroxyl groups is 1. The van der Waals surface area contributed by atoms with Gasteiger partial charge < -0.3 is 9.84 Å². The summed E-state index contributed by atoms with van der Waals surface area (Å²) in [5, 5.41) is 9.69. The molecule has 1 aliphatic heterocycles. The number of hydrogen-bond donors (Lipinski definition) is 1. The van der Waals surface area contributed by atoms with Gasteiger partial charge in [0.05, 0.1) is 25.9 Å². The third kappa shape index (κ3) is 4.53. The highest BCUT2D eigenvalue weighted by atomic mass is 79.9. The Morgan fingerprint density at radius 2 is 2.15 bits per heavy atom. The Labute approximate surface area is 129 Å². The molecule has 0 aromatic heterocycles. The molecule has 2 rings (SSSR count).